The quantitative estimate of drug-likeness (QED) is 0.940. The van der Waals surface area contributed by atoms with E-state index in [9.17, 15) is 13.6 Å². The molecule has 8 heteroatoms. The summed E-state index contributed by atoms with van der Waals surface area (Å²) in [6, 6.07) is 1.56. The number of benzene rings is 1. The molecular formula is C10H6F2N2O2S2. The number of nitrogens with zero attached hydrogens (tertiary/aromatic N) is 2. The summed E-state index contributed by atoms with van der Waals surface area (Å²) in [5.74, 6) is -3.23. The van der Waals surface area contributed by atoms with Crippen molar-refractivity contribution in [3.63, 3.8) is 0 Å². The maximum absolute atomic E-state index is 13.6. The van der Waals surface area contributed by atoms with E-state index < -0.39 is 23.2 Å². The standard InChI is InChI=1S/C10H6F2N2O2S2/c1-4-13-14-10(17-4)18-8-6(11)2-5(9(15)16)3-7(8)12/h2-3H,1H3,(H,15,16). The molecule has 0 aliphatic carbocycles. The fourth-order valence-electron chi connectivity index (χ4n) is 1.19. The Bertz CT molecular complexity index is 593. The van der Waals surface area contributed by atoms with E-state index in [4.69, 9.17) is 5.11 Å². The van der Waals surface area contributed by atoms with Crippen LogP contribution in [0, 0.1) is 18.6 Å². The summed E-state index contributed by atoms with van der Waals surface area (Å²) in [6.45, 7) is 1.72. The first-order chi connectivity index (χ1) is 8.47. The van der Waals surface area contributed by atoms with Crippen LogP contribution in [0.25, 0.3) is 0 Å². The fraction of sp³-hybridized carbons (Fsp3) is 0.100. The van der Waals surface area contributed by atoms with Crippen LogP contribution >= 0.6 is 23.1 Å². The SMILES string of the molecule is Cc1nnc(Sc2c(F)cc(C(=O)O)cc2F)s1. The van der Waals surface area contributed by atoms with Crippen molar-refractivity contribution in [3.05, 3.63) is 34.3 Å². The molecule has 0 unspecified atom stereocenters. The number of rotatable bonds is 3. The van der Waals surface area contributed by atoms with Crippen molar-refractivity contribution < 1.29 is 18.7 Å². The molecule has 0 radical (unpaired) electrons. The van der Waals surface area contributed by atoms with Crippen molar-refractivity contribution in [2.75, 3.05) is 0 Å². The minimum atomic E-state index is -1.38. The first-order valence-corrected chi connectivity index (χ1v) is 6.31. The molecule has 94 valence electrons. The van der Waals surface area contributed by atoms with E-state index in [-0.39, 0.29) is 4.90 Å². The number of aromatic nitrogens is 2. The molecule has 1 N–H and O–H groups in total. The normalized spacial score (nSPS) is 10.6. The maximum atomic E-state index is 13.6. The van der Waals surface area contributed by atoms with Crippen molar-refractivity contribution in [1.29, 1.82) is 0 Å². The summed E-state index contributed by atoms with van der Waals surface area (Å²) in [4.78, 5) is 10.3. The van der Waals surface area contributed by atoms with Gasteiger partial charge >= 0.3 is 5.97 Å². The van der Waals surface area contributed by atoms with Crippen LogP contribution in [0.2, 0.25) is 0 Å². The Kier molecular flexibility index (Phi) is 3.58. The minimum absolute atomic E-state index is 0.281. The molecule has 4 nitrogen and oxygen atoms in total. The Morgan fingerprint density at radius 1 is 1.33 bits per heavy atom. The first-order valence-electron chi connectivity index (χ1n) is 4.67. The van der Waals surface area contributed by atoms with E-state index in [1.54, 1.807) is 6.92 Å². The van der Waals surface area contributed by atoms with E-state index in [1.807, 2.05) is 0 Å². The molecule has 1 aromatic heterocycles. The predicted octanol–water partition coefficient (Wildman–Crippen LogP) is 2.97. The maximum Gasteiger partial charge on any atom is 0.335 e. The van der Waals surface area contributed by atoms with Crippen LogP contribution in [0.4, 0.5) is 8.78 Å². The Balaban J connectivity index is 2.37. The number of carbonyl (C=O) groups is 1. The molecule has 0 spiro atoms. The zero-order valence-corrected chi connectivity index (χ0v) is 10.6. The topological polar surface area (TPSA) is 63.1 Å². The van der Waals surface area contributed by atoms with Crippen LogP contribution in [-0.2, 0) is 0 Å². The van der Waals surface area contributed by atoms with Crippen LogP contribution in [-0.4, -0.2) is 21.3 Å². The molecule has 1 heterocycles. The van der Waals surface area contributed by atoms with Gasteiger partial charge in [0.1, 0.15) is 16.6 Å². The first kappa shape index (κ1) is 12.9. The number of hydrogen-bond acceptors (Lipinski definition) is 5. The van der Waals surface area contributed by atoms with Crippen molar-refractivity contribution in [2.45, 2.75) is 16.2 Å². The van der Waals surface area contributed by atoms with Gasteiger partial charge in [-0.1, -0.05) is 23.1 Å². The van der Waals surface area contributed by atoms with Gasteiger partial charge in [-0.3, -0.25) is 0 Å². The largest absolute Gasteiger partial charge is 0.478 e. The monoisotopic (exact) mass is 288 g/mol. The fourth-order valence-corrected chi connectivity index (χ4v) is 2.95. The number of aromatic carboxylic acids is 1. The van der Waals surface area contributed by atoms with Gasteiger partial charge in [-0.2, -0.15) is 0 Å². The molecule has 0 fully saturated rings. The van der Waals surface area contributed by atoms with Crippen LogP contribution in [0.1, 0.15) is 15.4 Å². The van der Waals surface area contributed by atoms with E-state index >= 15 is 0 Å². The number of carboxylic acid groups (broad SMARTS) is 1. The lowest BCUT2D eigenvalue weighted by Gasteiger charge is -2.03. The van der Waals surface area contributed by atoms with Gasteiger partial charge in [-0.15, -0.1) is 10.2 Å². The Morgan fingerprint density at radius 3 is 2.39 bits per heavy atom. The Morgan fingerprint density at radius 2 is 1.94 bits per heavy atom. The summed E-state index contributed by atoms with van der Waals surface area (Å²) >= 11 is 1.99. The molecule has 0 atom stereocenters. The van der Waals surface area contributed by atoms with Crippen LogP contribution < -0.4 is 0 Å². The average Bonchev–Trinajstić information content (AvgIpc) is 2.69. The number of halogens is 2. The third-order valence-corrected chi connectivity index (χ3v) is 3.93. The average molecular weight is 288 g/mol. The van der Waals surface area contributed by atoms with Crippen molar-refractivity contribution in [3.8, 4) is 0 Å². The van der Waals surface area contributed by atoms with E-state index in [1.165, 1.54) is 11.3 Å². The highest BCUT2D eigenvalue weighted by Crippen LogP contribution is 2.34. The van der Waals surface area contributed by atoms with Gasteiger partial charge in [0.2, 0.25) is 0 Å². The molecule has 2 rings (SSSR count). The van der Waals surface area contributed by atoms with E-state index in [0.717, 1.165) is 23.9 Å². The lowest BCUT2D eigenvalue weighted by Crippen LogP contribution is -2.00. The summed E-state index contributed by atoms with van der Waals surface area (Å²) in [7, 11) is 0. The summed E-state index contributed by atoms with van der Waals surface area (Å²) in [6.07, 6.45) is 0. The number of carboxylic acids is 1. The lowest BCUT2D eigenvalue weighted by molar-refractivity contribution is 0.0695. The van der Waals surface area contributed by atoms with Gasteiger partial charge < -0.3 is 5.11 Å². The molecule has 0 bridgehead atoms. The van der Waals surface area contributed by atoms with E-state index in [0.29, 0.717) is 9.35 Å². The minimum Gasteiger partial charge on any atom is -0.478 e. The van der Waals surface area contributed by atoms with Crippen LogP contribution in [0.5, 0.6) is 0 Å². The number of aryl methyl sites for hydroxylation is 1. The van der Waals surface area contributed by atoms with Gasteiger partial charge in [0.15, 0.2) is 4.34 Å². The second kappa shape index (κ2) is 4.99. The zero-order chi connectivity index (χ0) is 13.3. The third-order valence-electron chi connectivity index (χ3n) is 1.94. The molecule has 0 saturated heterocycles. The van der Waals surface area contributed by atoms with Crippen LogP contribution in [0.15, 0.2) is 21.4 Å². The van der Waals surface area contributed by atoms with Gasteiger partial charge in [0.05, 0.1) is 10.5 Å². The van der Waals surface area contributed by atoms with Crippen molar-refractivity contribution >= 4 is 29.1 Å². The lowest BCUT2D eigenvalue weighted by atomic mass is 10.2. The molecule has 1 aromatic carbocycles. The second-order valence-electron chi connectivity index (χ2n) is 3.26. The highest BCUT2D eigenvalue weighted by Gasteiger charge is 2.17. The van der Waals surface area contributed by atoms with E-state index in [2.05, 4.69) is 10.2 Å². The second-order valence-corrected chi connectivity index (χ2v) is 5.70. The molecule has 0 aliphatic heterocycles. The molecule has 2 aromatic rings. The molecule has 18 heavy (non-hydrogen) atoms. The molecule has 0 saturated carbocycles. The van der Waals surface area contributed by atoms with Gasteiger partial charge in [-0.05, 0) is 19.1 Å². The molecule has 0 aliphatic rings. The zero-order valence-electron chi connectivity index (χ0n) is 8.98. The van der Waals surface area contributed by atoms with Gasteiger partial charge in [0, 0.05) is 0 Å². The van der Waals surface area contributed by atoms with Gasteiger partial charge in [-0.25, -0.2) is 13.6 Å². The predicted molar refractivity (Wildman–Crippen MR) is 62.1 cm³/mol. The highest BCUT2D eigenvalue weighted by molar-refractivity contribution is 8.01. The van der Waals surface area contributed by atoms with Crippen molar-refractivity contribution in [2.24, 2.45) is 0 Å². The van der Waals surface area contributed by atoms with Crippen LogP contribution in [0.3, 0.4) is 0 Å². The Hall–Kier alpha value is -1.54. The molecular weight excluding hydrogens is 282 g/mol. The summed E-state index contributed by atoms with van der Waals surface area (Å²) in [5.41, 5.74) is -0.428. The number of hydrogen-bond donors (Lipinski definition) is 1. The third kappa shape index (κ3) is 2.65. The summed E-state index contributed by atoms with van der Waals surface area (Å²) in [5, 5.41) is 16.8. The summed E-state index contributed by atoms with van der Waals surface area (Å²) < 4.78 is 27.6. The molecule has 0 amide bonds. The highest BCUT2D eigenvalue weighted by atomic mass is 32.2. The Labute approximate surface area is 109 Å². The smallest absolute Gasteiger partial charge is 0.335 e. The van der Waals surface area contributed by atoms with Gasteiger partial charge in [0.25, 0.3) is 0 Å². The van der Waals surface area contributed by atoms with Crippen molar-refractivity contribution in [1.82, 2.24) is 10.2 Å².